The molecule has 0 aromatic rings. The SMILES string of the molecule is CC(C)SCCOB(OCCSC(C)C)OCCSC(C)C. The average molecular weight is 368 g/mol. The highest BCUT2D eigenvalue weighted by atomic mass is 32.2. The maximum absolute atomic E-state index is 5.72. The molecule has 0 aliphatic rings. The summed E-state index contributed by atoms with van der Waals surface area (Å²) in [4.78, 5) is 0. The molecule has 0 fully saturated rings. The Bertz CT molecular complexity index is 206. The third-order valence-electron chi connectivity index (χ3n) is 2.37. The van der Waals surface area contributed by atoms with Gasteiger partial charge in [-0.3, -0.25) is 0 Å². The molecule has 0 atom stereocenters. The Morgan fingerprint density at radius 2 is 0.864 bits per heavy atom. The first-order chi connectivity index (χ1) is 10.4. The van der Waals surface area contributed by atoms with E-state index in [0.717, 1.165) is 17.3 Å². The van der Waals surface area contributed by atoms with E-state index in [0.29, 0.717) is 35.6 Å². The average Bonchev–Trinajstić information content (AvgIpc) is 2.42. The Kier molecular flexibility index (Phi) is 16.2. The lowest BCUT2D eigenvalue weighted by Gasteiger charge is -2.15. The Hall–Kier alpha value is 0.995. The summed E-state index contributed by atoms with van der Waals surface area (Å²) in [6.45, 7) is 15.2. The molecule has 0 aromatic heterocycles. The van der Waals surface area contributed by atoms with Gasteiger partial charge in [0.2, 0.25) is 0 Å². The van der Waals surface area contributed by atoms with Gasteiger partial charge in [0.15, 0.2) is 0 Å². The summed E-state index contributed by atoms with van der Waals surface area (Å²) in [6.07, 6.45) is 0. The Morgan fingerprint density at radius 1 is 0.591 bits per heavy atom. The molecule has 7 heteroatoms. The lowest BCUT2D eigenvalue weighted by molar-refractivity contribution is 0.109. The van der Waals surface area contributed by atoms with Gasteiger partial charge in [-0.05, 0) is 15.7 Å². The monoisotopic (exact) mass is 368 g/mol. The fourth-order valence-corrected chi connectivity index (χ4v) is 3.42. The van der Waals surface area contributed by atoms with Crippen LogP contribution in [0.3, 0.4) is 0 Å². The first-order valence-corrected chi connectivity index (χ1v) is 11.3. The van der Waals surface area contributed by atoms with Crippen molar-refractivity contribution in [2.24, 2.45) is 0 Å². The summed E-state index contributed by atoms with van der Waals surface area (Å²) >= 11 is 5.68. The lowest BCUT2D eigenvalue weighted by Crippen LogP contribution is -2.30. The van der Waals surface area contributed by atoms with Crippen molar-refractivity contribution >= 4 is 42.6 Å². The smallest absolute Gasteiger partial charge is 0.385 e. The number of hydrogen-bond acceptors (Lipinski definition) is 6. The molecule has 0 unspecified atom stereocenters. The van der Waals surface area contributed by atoms with Crippen molar-refractivity contribution in [1.82, 2.24) is 0 Å². The van der Waals surface area contributed by atoms with Crippen LogP contribution >= 0.6 is 35.3 Å². The zero-order valence-electron chi connectivity index (χ0n) is 15.0. The molecular formula is C15H33BO3S3. The lowest BCUT2D eigenvalue weighted by atomic mass is 10.2. The molecule has 0 aliphatic carbocycles. The molecule has 0 bridgehead atoms. The normalized spacial score (nSPS) is 11.9. The van der Waals surface area contributed by atoms with Crippen molar-refractivity contribution in [3.05, 3.63) is 0 Å². The van der Waals surface area contributed by atoms with E-state index < -0.39 is 7.32 Å². The molecule has 22 heavy (non-hydrogen) atoms. The summed E-state index contributed by atoms with van der Waals surface area (Å²) in [7, 11) is -0.520. The summed E-state index contributed by atoms with van der Waals surface area (Å²) in [6, 6.07) is 0. The van der Waals surface area contributed by atoms with Crippen molar-refractivity contribution in [2.45, 2.75) is 57.3 Å². The largest absolute Gasteiger partial charge is 0.639 e. The predicted molar refractivity (Wildman–Crippen MR) is 106 cm³/mol. The fourth-order valence-electron chi connectivity index (χ4n) is 1.43. The topological polar surface area (TPSA) is 27.7 Å². The molecule has 0 saturated carbocycles. The molecule has 0 rings (SSSR count). The number of rotatable bonds is 15. The van der Waals surface area contributed by atoms with Gasteiger partial charge in [-0.25, -0.2) is 0 Å². The molecule has 0 aromatic carbocycles. The van der Waals surface area contributed by atoms with Crippen molar-refractivity contribution < 1.29 is 14.0 Å². The molecule has 0 N–H and O–H groups in total. The van der Waals surface area contributed by atoms with Crippen LogP contribution in [0.2, 0.25) is 0 Å². The van der Waals surface area contributed by atoms with Crippen molar-refractivity contribution in [3.63, 3.8) is 0 Å². The first kappa shape index (κ1) is 23.0. The predicted octanol–water partition coefficient (Wildman–Crippen LogP) is 4.45. The maximum atomic E-state index is 5.72. The van der Waals surface area contributed by atoms with Gasteiger partial charge in [-0.15, -0.1) is 0 Å². The highest BCUT2D eigenvalue weighted by Crippen LogP contribution is 2.11. The van der Waals surface area contributed by atoms with Gasteiger partial charge in [0.1, 0.15) is 0 Å². The van der Waals surface area contributed by atoms with E-state index in [9.17, 15) is 0 Å². The summed E-state index contributed by atoms with van der Waals surface area (Å²) < 4.78 is 17.2. The van der Waals surface area contributed by atoms with E-state index in [2.05, 4.69) is 41.5 Å². The number of thioether (sulfide) groups is 3. The minimum absolute atomic E-state index is 0.520. The van der Waals surface area contributed by atoms with E-state index in [4.69, 9.17) is 14.0 Å². The zero-order valence-corrected chi connectivity index (χ0v) is 17.5. The number of hydrogen-bond donors (Lipinski definition) is 0. The summed E-state index contributed by atoms with van der Waals surface area (Å²) in [5, 5.41) is 1.90. The van der Waals surface area contributed by atoms with Crippen LogP contribution in [0.1, 0.15) is 41.5 Å². The van der Waals surface area contributed by atoms with Crippen LogP contribution in [0.25, 0.3) is 0 Å². The molecule has 0 amide bonds. The highest BCUT2D eigenvalue weighted by molar-refractivity contribution is 8.00. The van der Waals surface area contributed by atoms with E-state index >= 15 is 0 Å². The third kappa shape index (κ3) is 17.4. The molecule has 0 saturated heterocycles. The fraction of sp³-hybridized carbons (Fsp3) is 1.00. The Labute approximate surface area is 150 Å². The summed E-state index contributed by atoms with van der Waals surface area (Å²) in [5.41, 5.74) is 0. The zero-order chi connectivity index (χ0) is 16.8. The van der Waals surface area contributed by atoms with Gasteiger partial charge in [0.25, 0.3) is 0 Å². The van der Waals surface area contributed by atoms with Gasteiger partial charge >= 0.3 is 7.32 Å². The van der Waals surface area contributed by atoms with Crippen molar-refractivity contribution in [2.75, 3.05) is 37.1 Å². The second-order valence-electron chi connectivity index (χ2n) is 5.66. The van der Waals surface area contributed by atoms with Gasteiger partial charge in [-0.2, -0.15) is 35.3 Å². The van der Waals surface area contributed by atoms with Gasteiger partial charge in [0, 0.05) is 37.1 Å². The van der Waals surface area contributed by atoms with Crippen LogP contribution in [0, 0.1) is 0 Å². The van der Waals surface area contributed by atoms with Crippen LogP contribution in [0.4, 0.5) is 0 Å². The Balaban J connectivity index is 3.86. The van der Waals surface area contributed by atoms with Gasteiger partial charge in [-0.1, -0.05) is 41.5 Å². The van der Waals surface area contributed by atoms with Crippen LogP contribution in [0.5, 0.6) is 0 Å². The van der Waals surface area contributed by atoms with Crippen molar-refractivity contribution in [3.8, 4) is 0 Å². The second-order valence-corrected chi connectivity index (χ2v) is 10.7. The van der Waals surface area contributed by atoms with Crippen LogP contribution < -0.4 is 0 Å². The van der Waals surface area contributed by atoms with Crippen molar-refractivity contribution in [1.29, 1.82) is 0 Å². The highest BCUT2D eigenvalue weighted by Gasteiger charge is 2.21. The molecule has 0 radical (unpaired) electrons. The molecule has 0 aliphatic heterocycles. The molecule has 3 nitrogen and oxygen atoms in total. The summed E-state index contributed by atoms with van der Waals surface area (Å²) in [5.74, 6) is 2.92. The molecule has 0 heterocycles. The molecular weight excluding hydrogens is 335 g/mol. The van der Waals surface area contributed by atoms with Gasteiger partial charge in [0.05, 0.1) is 0 Å². The second kappa shape index (κ2) is 15.5. The van der Waals surface area contributed by atoms with Gasteiger partial charge < -0.3 is 14.0 Å². The van der Waals surface area contributed by atoms with E-state index in [1.54, 1.807) is 0 Å². The third-order valence-corrected chi connectivity index (χ3v) is 5.57. The Morgan fingerprint density at radius 3 is 1.09 bits per heavy atom. The maximum Gasteiger partial charge on any atom is 0.639 e. The molecule has 132 valence electrons. The van der Waals surface area contributed by atoms with E-state index in [1.165, 1.54) is 0 Å². The first-order valence-electron chi connectivity index (χ1n) is 8.11. The van der Waals surface area contributed by atoms with Crippen LogP contribution in [-0.4, -0.2) is 60.2 Å². The standard InChI is InChI=1S/C15H33BO3S3/c1-13(2)20-10-7-17-16(18-8-11-21-14(3)4)19-9-12-22-15(5)6/h13-15H,7-12H2,1-6H3. The van der Waals surface area contributed by atoms with Crippen LogP contribution in [-0.2, 0) is 14.0 Å². The molecule has 0 spiro atoms. The quantitative estimate of drug-likeness (QED) is 0.313. The van der Waals surface area contributed by atoms with Crippen LogP contribution in [0.15, 0.2) is 0 Å². The van der Waals surface area contributed by atoms with E-state index in [1.807, 2.05) is 35.3 Å². The minimum atomic E-state index is -0.520. The van der Waals surface area contributed by atoms with E-state index in [-0.39, 0.29) is 0 Å². The minimum Gasteiger partial charge on any atom is -0.385 e.